The van der Waals surface area contributed by atoms with Crippen LogP contribution in [0.1, 0.15) is 4.88 Å². The van der Waals surface area contributed by atoms with Crippen molar-refractivity contribution in [1.82, 2.24) is 9.38 Å². The van der Waals surface area contributed by atoms with Crippen LogP contribution in [0.3, 0.4) is 0 Å². The van der Waals surface area contributed by atoms with Crippen LogP contribution in [0, 0.1) is 12.7 Å². The molecule has 2 aromatic heterocycles. The molecule has 0 aliphatic carbocycles. The molecule has 0 bridgehead atoms. The van der Waals surface area contributed by atoms with E-state index in [1.165, 1.54) is 27.9 Å². The maximum atomic E-state index is 13.5. The van der Waals surface area contributed by atoms with E-state index in [1.807, 2.05) is 6.92 Å². The molecule has 0 saturated heterocycles. The first-order valence-corrected chi connectivity index (χ1v) is 5.55. The highest BCUT2D eigenvalue weighted by Gasteiger charge is 2.10. The molecule has 0 spiro atoms. The van der Waals surface area contributed by atoms with Crippen molar-refractivity contribution in [1.29, 1.82) is 0 Å². The van der Waals surface area contributed by atoms with Crippen molar-refractivity contribution in [2.24, 2.45) is 0 Å². The summed E-state index contributed by atoms with van der Waals surface area (Å²) < 4.78 is 15.0. The lowest BCUT2D eigenvalue weighted by Crippen LogP contribution is -2.13. The van der Waals surface area contributed by atoms with Gasteiger partial charge < -0.3 is 0 Å². The number of aryl methyl sites for hydroxylation is 1. The summed E-state index contributed by atoms with van der Waals surface area (Å²) in [5.74, 6) is -0.455. The Morgan fingerprint density at radius 2 is 2.25 bits per heavy atom. The van der Waals surface area contributed by atoms with Gasteiger partial charge in [-0.1, -0.05) is 6.07 Å². The summed E-state index contributed by atoms with van der Waals surface area (Å²) in [4.78, 5) is 17.7. The quantitative estimate of drug-likeness (QED) is 0.598. The van der Waals surface area contributed by atoms with Gasteiger partial charge >= 0.3 is 0 Å². The Kier molecular flexibility index (Phi) is 1.85. The Bertz CT molecular complexity index is 760. The summed E-state index contributed by atoms with van der Waals surface area (Å²) in [7, 11) is 0. The number of hydrogen-bond acceptors (Lipinski definition) is 3. The molecule has 0 aliphatic heterocycles. The van der Waals surface area contributed by atoms with E-state index in [-0.39, 0.29) is 11.1 Å². The monoisotopic (exact) mass is 234 g/mol. The fourth-order valence-corrected chi connectivity index (χ4v) is 2.52. The van der Waals surface area contributed by atoms with E-state index in [0.717, 1.165) is 4.88 Å². The van der Waals surface area contributed by atoms with Crippen LogP contribution in [0.4, 0.5) is 4.39 Å². The van der Waals surface area contributed by atoms with E-state index in [0.29, 0.717) is 10.3 Å². The second-order valence-electron chi connectivity index (χ2n) is 3.55. The van der Waals surface area contributed by atoms with Gasteiger partial charge in [0.2, 0.25) is 0 Å². The molecule has 5 heteroatoms. The summed E-state index contributed by atoms with van der Waals surface area (Å²) >= 11 is 1.38. The second kappa shape index (κ2) is 3.12. The highest BCUT2D eigenvalue weighted by Crippen LogP contribution is 2.18. The highest BCUT2D eigenvalue weighted by molar-refractivity contribution is 7.16. The van der Waals surface area contributed by atoms with Gasteiger partial charge in [0.25, 0.3) is 5.56 Å². The lowest BCUT2D eigenvalue weighted by Gasteiger charge is -1.98. The van der Waals surface area contributed by atoms with Crippen molar-refractivity contribution in [3.63, 3.8) is 0 Å². The number of hydrogen-bond donors (Lipinski definition) is 0. The minimum atomic E-state index is -0.455. The van der Waals surface area contributed by atoms with Gasteiger partial charge in [-0.2, -0.15) is 0 Å². The van der Waals surface area contributed by atoms with Crippen molar-refractivity contribution >= 4 is 27.2 Å². The number of fused-ring (bicyclic) bond motifs is 2. The lowest BCUT2D eigenvalue weighted by atomic mass is 10.2. The Morgan fingerprint density at radius 1 is 1.44 bits per heavy atom. The molecule has 0 unspecified atom stereocenters. The predicted molar refractivity (Wildman–Crippen MR) is 61.5 cm³/mol. The molecule has 3 rings (SSSR count). The normalized spacial score (nSPS) is 11.4. The van der Waals surface area contributed by atoms with Crippen LogP contribution < -0.4 is 5.56 Å². The molecule has 0 amide bonds. The zero-order chi connectivity index (χ0) is 11.3. The third kappa shape index (κ3) is 1.18. The summed E-state index contributed by atoms with van der Waals surface area (Å²) in [6, 6.07) is 4.42. The SMILES string of the molecule is Cc1cn2c(=O)c3cccc(F)c3nc2s1. The van der Waals surface area contributed by atoms with Crippen molar-refractivity contribution in [3.05, 3.63) is 45.4 Å². The maximum Gasteiger partial charge on any atom is 0.266 e. The molecule has 16 heavy (non-hydrogen) atoms. The number of nitrogens with zero attached hydrogens (tertiary/aromatic N) is 2. The number of para-hydroxylation sites is 1. The van der Waals surface area contributed by atoms with Crippen LogP contribution in [0.2, 0.25) is 0 Å². The van der Waals surface area contributed by atoms with Gasteiger partial charge in [0.1, 0.15) is 11.3 Å². The average molecular weight is 234 g/mol. The number of rotatable bonds is 0. The van der Waals surface area contributed by atoms with E-state index < -0.39 is 5.82 Å². The second-order valence-corrected chi connectivity index (χ2v) is 4.76. The molecule has 0 atom stereocenters. The van der Waals surface area contributed by atoms with Crippen LogP contribution in [0.15, 0.2) is 29.2 Å². The van der Waals surface area contributed by atoms with Crippen LogP contribution in [0.25, 0.3) is 15.9 Å². The van der Waals surface area contributed by atoms with Crippen LogP contribution >= 0.6 is 11.3 Å². The van der Waals surface area contributed by atoms with E-state index in [2.05, 4.69) is 4.98 Å². The van der Waals surface area contributed by atoms with Crippen LogP contribution in [0.5, 0.6) is 0 Å². The molecule has 0 N–H and O–H groups in total. The molecule has 3 nitrogen and oxygen atoms in total. The number of halogens is 1. The molecule has 0 fully saturated rings. The van der Waals surface area contributed by atoms with Gasteiger partial charge in [-0.05, 0) is 19.1 Å². The van der Waals surface area contributed by atoms with Gasteiger partial charge in [0.15, 0.2) is 4.96 Å². The molecule has 0 saturated carbocycles. The molecule has 0 aliphatic rings. The van der Waals surface area contributed by atoms with Crippen molar-refractivity contribution in [2.75, 3.05) is 0 Å². The molecular formula is C11H7FN2OS. The lowest BCUT2D eigenvalue weighted by molar-refractivity contribution is 0.637. The maximum absolute atomic E-state index is 13.5. The van der Waals surface area contributed by atoms with E-state index in [9.17, 15) is 9.18 Å². The first kappa shape index (κ1) is 9.47. The zero-order valence-electron chi connectivity index (χ0n) is 8.40. The summed E-state index contributed by atoms with van der Waals surface area (Å²) in [5.41, 5.74) is -0.0711. The van der Waals surface area contributed by atoms with Crippen molar-refractivity contribution in [2.45, 2.75) is 6.92 Å². The summed E-state index contributed by atoms with van der Waals surface area (Å²) in [5, 5.41) is 0.315. The fraction of sp³-hybridized carbons (Fsp3) is 0.0909. The fourth-order valence-electron chi connectivity index (χ4n) is 1.71. The average Bonchev–Trinajstić information content (AvgIpc) is 2.61. The molecule has 1 aromatic carbocycles. The van der Waals surface area contributed by atoms with Gasteiger partial charge in [-0.3, -0.25) is 9.20 Å². The van der Waals surface area contributed by atoms with E-state index >= 15 is 0 Å². The van der Waals surface area contributed by atoms with Crippen LogP contribution in [-0.2, 0) is 0 Å². The summed E-state index contributed by atoms with van der Waals surface area (Å²) in [6.07, 6.45) is 1.72. The molecule has 2 heterocycles. The van der Waals surface area contributed by atoms with Crippen molar-refractivity contribution < 1.29 is 4.39 Å². The third-order valence-corrected chi connectivity index (χ3v) is 3.31. The minimum absolute atomic E-state index is 0.148. The summed E-state index contributed by atoms with van der Waals surface area (Å²) in [6.45, 7) is 1.89. The molecule has 3 aromatic rings. The number of benzene rings is 1. The van der Waals surface area contributed by atoms with Crippen molar-refractivity contribution in [3.8, 4) is 0 Å². The van der Waals surface area contributed by atoms with Gasteiger partial charge in [0.05, 0.1) is 5.39 Å². The highest BCUT2D eigenvalue weighted by atomic mass is 32.1. The number of thiazole rings is 1. The predicted octanol–water partition coefficient (Wildman–Crippen LogP) is 2.36. The molecule has 0 radical (unpaired) electrons. The minimum Gasteiger partial charge on any atom is -0.268 e. The third-order valence-electron chi connectivity index (χ3n) is 2.41. The van der Waals surface area contributed by atoms with Gasteiger partial charge in [-0.25, -0.2) is 9.37 Å². The smallest absolute Gasteiger partial charge is 0.266 e. The molecular weight excluding hydrogens is 227 g/mol. The van der Waals surface area contributed by atoms with Gasteiger partial charge in [-0.15, -0.1) is 11.3 Å². The Labute approximate surface area is 93.8 Å². The number of aromatic nitrogens is 2. The Balaban J connectivity index is 2.65. The zero-order valence-corrected chi connectivity index (χ0v) is 9.21. The molecule has 80 valence electrons. The van der Waals surface area contributed by atoms with Gasteiger partial charge in [0, 0.05) is 11.1 Å². The largest absolute Gasteiger partial charge is 0.268 e. The first-order chi connectivity index (χ1) is 7.66. The first-order valence-electron chi connectivity index (χ1n) is 4.74. The topological polar surface area (TPSA) is 34.4 Å². The Morgan fingerprint density at radius 3 is 3.06 bits per heavy atom. The standard InChI is InChI=1S/C11H7FN2OS/c1-6-5-14-10(15)7-3-2-4-8(12)9(7)13-11(14)16-6/h2-5H,1H3. The van der Waals surface area contributed by atoms with E-state index in [4.69, 9.17) is 0 Å². The Hall–Kier alpha value is -1.75. The van der Waals surface area contributed by atoms with Crippen LogP contribution in [-0.4, -0.2) is 9.38 Å². The van der Waals surface area contributed by atoms with E-state index in [1.54, 1.807) is 12.3 Å².